The molecule has 0 spiro atoms. The van der Waals surface area contributed by atoms with Crippen molar-refractivity contribution in [2.24, 2.45) is 5.92 Å². The fourth-order valence-corrected chi connectivity index (χ4v) is 2.72. The van der Waals surface area contributed by atoms with Gasteiger partial charge in [-0.15, -0.1) is 0 Å². The van der Waals surface area contributed by atoms with Gasteiger partial charge in [0.25, 0.3) is 5.91 Å². The van der Waals surface area contributed by atoms with Crippen molar-refractivity contribution < 1.29 is 18.3 Å². The van der Waals surface area contributed by atoms with Gasteiger partial charge in [-0.2, -0.15) is 0 Å². The summed E-state index contributed by atoms with van der Waals surface area (Å²) in [4.78, 5) is 17.8. The molecule has 0 aromatic carbocycles. The molecular weight excluding hydrogens is 302 g/mol. The van der Waals surface area contributed by atoms with Crippen molar-refractivity contribution in [1.29, 1.82) is 0 Å². The van der Waals surface area contributed by atoms with Crippen molar-refractivity contribution in [3.05, 3.63) is 29.6 Å². The minimum atomic E-state index is -0.923. The van der Waals surface area contributed by atoms with Crippen molar-refractivity contribution in [3.8, 4) is 0 Å². The average molecular weight is 326 g/mol. The Hall–Kier alpha value is -1.56. The molecule has 1 fully saturated rings. The van der Waals surface area contributed by atoms with Crippen LogP contribution in [0.5, 0.6) is 0 Å². The number of carbonyl (C=O) groups is 1. The Bertz CT molecular complexity index is 551. The summed E-state index contributed by atoms with van der Waals surface area (Å²) >= 11 is 0. The van der Waals surface area contributed by atoms with Crippen LogP contribution in [0.15, 0.2) is 12.3 Å². The third-order valence-corrected chi connectivity index (χ3v) is 4.11. The van der Waals surface area contributed by atoms with E-state index in [-0.39, 0.29) is 23.8 Å². The molecule has 1 aromatic heterocycles. The van der Waals surface area contributed by atoms with Crippen molar-refractivity contribution in [2.75, 3.05) is 13.1 Å². The molecule has 0 N–H and O–H groups in total. The first-order valence-electron chi connectivity index (χ1n) is 8.18. The number of aromatic nitrogens is 1. The molecule has 0 bridgehead atoms. The van der Waals surface area contributed by atoms with Gasteiger partial charge in [-0.3, -0.25) is 4.79 Å². The molecule has 4 nitrogen and oxygen atoms in total. The number of rotatable bonds is 5. The van der Waals surface area contributed by atoms with Crippen LogP contribution in [0.1, 0.15) is 50.5 Å². The Labute approximate surface area is 135 Å². The van der Waals surface area contributed by atoms with Crippen LogP contribution in [0.2, 0.25) is 0 Å². The minimum absolute atomic E-state index is 0.0523. The maximum atomic E-state index is 13.8. The third-order valence-electron chi connectivity index (χ3n) is 4.11. The summed E-state index contributed by atoms with van der Waals surface area (Å²) in [5.74, 6) is -1.96. The largest absolute Gasteiger partial charge is 0.371 e. The molecular formula is C17H24F2N2O2. The van der Waals surface area contributed by atoms with Gasteiger partial charge in [-0.05, 0) is 12.3 Å². The zero-order chi connectivity index (χ0) is 17.0. The number of carbonyl (C=O) groups excluding carboxylic acids is 1. The summed E-state index contributed by atoms with van der Waals surface area (Å²) < 4.78 is 32.9. The van der Waals surface area contributed by atoms with Crippen LogP contribution in [0.3, 0.4) is 0 Å². The third kappa shape index (κ3) is 4.47. The number of ether oxygens (including phenoxy) is 1. The van der Waals surface area contributed by atoms with Gasteiger partial charge in [0, 0.05) is 19.2 Å². The van der Waals surface area contributed by atoms with E-state index in [1.807, 2.05) is 13.8 Å². The topological polar surface area (TPSA) is 42.4 Å². The molecule has 1 amide bonds. The van der Waals surface area contributed by atoms with Gasteiger partial charge in [-0.25, -0.2) is 13.8 Å². The number of halogens is 2. The fourth-order valence-electron chi connectivity index (χ4n) is 2.72. The van der Waals surface area contributed by atoms with Gasteiger partial charge in [0.1, 0.15) is 5.82 Å². The summed E-state index contributed by atoms with van der Waals surface area (Å²) in [6, 6.07) is 0.690. The lowest BCUT2D eigenvalue weighted by Gasteiger charge is -2.39. The monoisotopic (exact) mass is 326 g/mol. The highest BCUT2D eigenvalue weighted by molar-refractivity contribution is 5.92. The number of nitrogens with zero attached hydrogens (tertiary/aromatic N) is 2. The molecule has 2 heterocycles. The zero-order valence-electron chi connectivity index (χ0n) is 13.9. The number of hydrogen-bond acceptors (Lipinski definition) is 3. The summed E-state index contributed by atoms with van der Waals surface area (Å²) in [6.07, 6.45) is 3.66. The van der Waals surface area contributed by atoms with Gasteiger partial charge in [0.2, 0.25) is 0 Å². The second-order valence-electron chi connectivity index (χ2n) is 6.38. The smallest absolute Gasteiger partial charge is 0.275 e. The average Bonchev–Trinajstić information content (AvgIpc) is 2.52. The zero-order valence-corrected chi connectivity index (χ0v) is 13.9. The first kappa shape index (κ1) is 17.8. The van der Waals surface area contributed by atoms with E-state index in [9.17, 15) is 13.6 Å². The van der Waals surface area contributed by atoms with E-state index in [0.29, 0.717) is 19.2 Å². The molecule has 1 aliphatic heterocycles. The first-order chi connectivity index (χ1) is 10.9. The summed E-state index contributed by atoms with van der Waals surface area (Å²) in [5.41, 5.74) is -0.329. The van der Waals surface area contributed by atoms with Crippen molar-refractivity contribution in [1.82, 2.24) is 9.88 Å². The van der Waals surface area contributed by atoms with Crippen LogP contribution in [0.4, 0.5) is 8.78 Å². The minimum Gasteiger partial charge on any atom is -0.371 e. The molecule has 0 aliphatic carbocycles. The van der Waals surface area contributed by atoms with Gasteiger partial charge < -0.3 is 9.64 Å². The van der Waals surface area contributed by atoms with Crippen LogP contribution in [0, 0.1) is 17.6 Å². The molecule has 23 heavy (non-hydrogen) atoms. The Morgan fingerprint density at radius 1 is 1.43 bits per heavy atom. The molecule has 128 valence electrons. The van der Waals surface area contributed by atoms with Crippen molar-refractivity contribution in [3.63, 3.8) is 0 Å². The van der Waals surface area contributed by atoms with Gasteiger partial charge in [0.15, 0.2) is 11.5 Å². The molecule has 1 saturated heterocycles. The maximum Gasteiger partial charge on any atom is 0.275 e. The molecule has 1 aliphatic rings. The van der Waals surface area contributed by atoms with E-state index in [2.05, 4.69) is 11.9 Å². The molecule has 1 aromatic rings. The molecule has 0 radical (unpaired) electrons. The SMILES string of the molecule is CCCC[C@@H]1CN(C(=O)c2ncc(F)cc2F)C[C@H](C(C)C)O1. The summed E-state index contributed by atoms with van der Waals surface area (Å²) in [5, 5.41) is 0. The Morgan fingerprint density at radius 2 is 2.17 bits per heavy atom. The molecule has 2 atom stereocenters. The van der Waals surface area contributed by atoms with E-state index in [0.717, 1.165) is 25.5 Å². The quantitative estimate of drug-likeness (QED) is 0.833. The molecule has 2 rings (SSSR count). The van der Waals surface area contributed by atoms with E-state index < -0.39 is 17.5 Å². The second-order valence-corrected chi connectivity index (χ2v) is 6.38. The Morgan fingerprint density at radius 3 is 2.78 bits per heavy atom. The maximum absolute atomic E-state index is 13.8. The lowest BCUT2D eigenvalue weighted by molar-refractivity contribution is -0.0964. The molecule has 0 unspecified atom stereocenters. The van der Waals surface area contributed by atoms with Crippen molar-refractivity contribution in [2.45, 2.75) is 52.2 Å². The highest BCUT2D eigenvalue weighted by atomic mass is 19.1. The van der Waals surface area contributed by atoms with Crippen LogP contribution in [0.25, 0.3) is 0 Å². The lowest BCUT2D eigenvalue weighted by atomic mass is 10.0. The predicted molar refractivity (Wildman–Crippen MR) is 83.1 cm³/mol. The number of pyridine rings is 1. The van der Waals surface area contributed by atoms with Gasteiger partial charge in [-0.1, -0.05) is 33.6 Å². The Balaban J connectivity index is 2.16. The van der Waals surface area contributed by atoms with E-state index in [1.54, 1.807) is 4.90 Å². The highest BCUT2D eigenvalue weighted by Gasteiger charge is 2.33. The normalized spacial score (nSPS) is 21.7. The van der Waals surface area contributed by atoms with E-state index in [4.69, 9.17) is 4.74 Å². The van der Waals surface area contributed by atoms with Crippen LogP contribution in [-0.4, -0.2) is 41.1 Å². The fraction of sp³-hybridized carbons (Fsp3) is 0.647. The molecule has 6 heteroatoms. The van der Waals surface area contributed by atoms with Gasteiger partial charge >= 0.3 is 0 Å². The van der Waals surface area contributed by atoms with Crippen LogP contribution in [-0.2, 0) is 4.74 Å². The highest BCUT2D eigenvalue weighted by Crippen LogP contribution is 2.22. The lowest BCUT2D eigenvalue weighted by Crippen LogP contribution is -2.51. The Kier molecular flexibility index (Phi) is 6.04. The van der Waals surface area contributed by atoms with Crippen LogP contribution < -0.4 is 0 Å². The van der Waals surface area contributed by atoms with E-state index >= 15 is 0 Å². The second kappa shape index (κ2) is 7.81. The summed E-state index contributed by atoms with van der Waals surface area (Å²) in [7, 11) is 0. The van der Waals surface area contributed by atoms with Crippen molar-refractivity contribution >= 4 is 5.91 Å². The number of hydrogen-bond donors (Lipinski definition) is 0. The molecule has 0 saturated carbocycles. The number of morpholine rings is 1. The standard InChI is InChI=1S/C17H24F2N2O2/c1-4-5-6-13-9-21(10-15(23-13)11(2)3)17(22)16-14(19)7-12(18)8-20-16/h7-8,11,13,15H,4-6,9-10H2,1-3H3/t13-,15-/m1/s1. The summed E-state index contributed by atoms with van der Waals surface area (Å²) in [6.45, 7) is 6.99. The number of unbranched alkanes of at least 4 members (excludes halogenated alkanes) is 1. The van der Waals surface area contributed by atoms with E-state index in [1.165, 1.54) is 0 Å². The number of amides is 1. The predicted octanol–water partition coefficient (Wildman–Crippen LogP) is 3.42. The van der Waals surface area contributed by atoms with Crippen LogP contribution >= 0.6 is 0 Å². The first-order valence-corrected chi connectivity index (χ1v) is 8.18. The van der Waals surface area contributed by atoms with Gasteiger partial charge in [0.05, 0.1) is 18.4 Å².